The first-order valence-electron chi connectivity index (χ1n) is 11.3. The minimum atomic E-state index is -4.25. The van der Waals surface area contributed by atoms with Gasteiger partial charge in [0, 0.05) is 5.02 Å². The van der Waals surface area contributed by atoms with Crippen LogP contribution in [0.5, 0.6) is 17.2 Å². The Morgan fingerprint density at radius 2 is 1.69 bits per heavy atom. The van der Waals surface area contributed by atoms with Gasteiger partial charge in [-0.15, -0.1) is 0 Å². The molecule has 1 saturated heterocycles. The van der Waals surface area contributed by atoms with Crippen molar-refractivity contribution in [3.63, 3.8) is 0 Å². The monoisotopic (exact) mass is 634 g/mol. The molecule has 13 heteroatoms. The van der Waals surface area contributed by atoms with Crippen molar-refractivity contribution in [2.45, 2.75) is 11.8 Å². The first-order chi connectivity index (χ1) is 18.5. The van der Waals surface area contributed by atoms with Crippen LogP contribution < -0.4 is 23.9 Å². The standard InChI is InChI=1S/C26H20BrClN2O8S/c1-3-37-18-8-6-17(7-9-18)30-25(32)20(24(31)29-26(30)33)12-15-13-21(27)23(22(14-15)36-2)38-39(34,35)19-10-4-16(28)5-11-19/h4-14H,3H2,1-2H3,(H,29,31,33)/b20-12+. The molecule has 3 aromatic carbocycles. The fourth-order valence-electron chi connectivity index (χ4n) is 3.58. The van der Waals surface area contributed by atoms with Gasteiger partial charge in [0.05, 0.1) is 23.9 Å². The van der Waals surface area contributed by atoms with Crippen LogP contribution in [0.4, 0.5) is 10.5 Å². The minimum absolute atomic E-state index is 0.00289. The Bertz CT molecular complexity index is 1590. The summed E-state index contributed by atoms with van der Waals surface area (Å²) in [5, 5.41) is 2.50. The summed E-state index contributed by atoms with van der Waals surface area (Å²) in [5.74, 6) is -1.35. The molecule has 4 rings (SSSR count). The van der Waals surface area contributed by atoms with Crippen LogP contribution >= 0.6 is 27.5 Å². The van der Waals surface area contributed by atoms with E-state index >= 15 is 0 Å². The molecule has 0 atom stereocenters. The summed E-state index contributed by atoms with van der Waals surface area (Å²) in [7, 11) is -2.95. The molecule has 0 spiro atoms. The highest BCUT2D eigenvalue weighted by Gasteiger charge is 2.37. The van der Waals surface area contributed by atoms with Gasteiger partial charge in [-0.05, 0) is 95.2 Å². The zero-order chi connectivity index (χ0) is 28.3. The summed E-state index contributed by atoms with van der Waals surface area (Å²) < 4.78 is 41.7. The Labute approximate surface area is 237 Å². The molecule has 0 bridgehead atoms. The maximum absolute atomic E-state index is 13.2. The van der Waals surface area contributed by atoms with Gasteiger partial charge in [-0.2, -0.15) is 8.42 Å². The lowest BCUT2D eigenvalue weighted by molar-refractivity contribution is -0.122. The molecule has 1 aliphatic rings. The van der Waals surface area contributed by atoms with E-state index in [1.165, 1.54) is 61.7 Å². The van der Waals surface area contributed by atoms with Gasteiger partial charge in [0.2, 0.25) is 0 Å². The fourth-order valence-corrected chi connectivity index (χ4v) is 5.31. The maximum atomic E-state index is 13.2. The van der Waals surface area contributed by atoms with Crippen LogP contribution in [-0.4, -0.2) is 40.0 Å². The van der Waals surface area contributed by atoms with E-state index in [1.54, 1.807) is 12.1 Å². The van der Waals surface area contributed by atoms with Gasteiger partial charge in [-0.1, -0.05) is 11.6 Å². The number of nitrogens with one attached hydrogen (secondary N) is 1. The lowest BCUT2D eigenvalue weighted by Crippen LogP contribution is -2.54. The number of urea groups is 1. The van der Waals surface area contributed by atoms with E-state index in [0.29, 0.717) is 17.4 Å². The molecule has 1 aliphatic heterocycles. The van der Waals surface area contributed by atoms with Gasteiger partial charge in [-0.25, -0.2) is 9.69 Å². The molecule has 1 N–H and O–H groups in total. The molecule has 0 unspecified atom stereocenters. The molecule has 1 heterocycles. The SMILES string of the molecule is CCOc1ccc(N2C(=O)NC(=O)/C(=C\c3cc(Br)c(OS(=O)(=O)c4ccc(Cl)cc4)c(OC)c3)C2=O)cc1. The van der Waals surface area contributed by atoms with E-state index in [-0.39, 0.29) is 37.7 Å². The average Bonchev–Trinajstić information content (AvgIpc) is 2.89. The smallest absolute Gasteiger partial charge is 0.339 e. The average molecular weight is 636 g/mol. The van der Waals surface area contributed by atoms with Gasteiger partial charge >= 0.3 is 16.1 Å². The van der Waals surface area contributed by atoms with Crippen molar-refractivity contribution >= 4 is 67.3 Å². The van der Waals surface area contributed by atoms with Gasteiger partial charge in [-0.3, -0.25) is 14.9 Å². The highest BCUT2D eigenvalue weighted by atomic mass is 79.9. The number of amides is 4. The van der Waals surface area contributed by atoms with Crippen molar-refractivity contribution in [3.8, 4) is 17.2 Å². The molecular formula is C26H20BrClN2O8S. The molecule has 0 aliphatic carbocycles. The Balaban J connectivity index is 1.67. The fraction of sp³-hybridized carbons (Fsp3) is 0.115. The summed E-state index contributed by atoms with van der Waals surface area (Å²) in [5.41, 5.74) is 0.184. The van der Waals surface area contributed by atoms with E-state index in [4.69, 9.17) is 25.3 Å². The van der Waals surface area contributed by atoms with Crippen molar-refractivity contribution in [2.24, 2.45) is 0 Å². The van der Waals surface area contributed by atoms with Crippen LogP contribution in [0.15, 0.2) is 75.6 Å². The summed E-state index contributed by atoms with van der Waals surface area (Å²) in [6, 6.07) is 13.5. The molecule has 0 saturated carbocycles. The number of rotatable bonds is 8. The van der Waals surface area contributed by atoms with Crippen LogP contribution in [-0.2, 0) is 19.7 Å². The van der Waals surface area contributed by atoms with Crippen LogP contribution in [0.1, 0.15) is 12.5 Å². The predicted octanol–water partition coefficient (Wildman–Crippen LogP) is 4.94. The first kappa shape index (κ1) is 28.1. The molecule has 202 valence electrons. The van der Waals surface area contributed by atoms with Gasteiger partial charge in [0.1, 0.15) is 16.2 Å². The van der Waals surface area contributed by atoms with Gasteiger partial charge in [0.25, 0.3) is 11.8 Å². The van der Waals surface area contributed by atoms with Crippen LogP contribution in [0.3, 0.4) is 0 Å². The zero-order valence-electron chi connectivity index (χ0n) is 20.4. The number of benzene rings is 3. The number of carbonyl (C=O) groups is 3. The second-order valence-electron chi connectivity index (χ2n) is 7.91. The summed E-state index contributed by atoms with van der Waals surface area (Å²) in [6.45, 7) is 2.27. The highest BCUT2D eigenvalue weighted by Crippen LogP contribution is 2.39. The second-order valence-corrected chi connectivity index (χ2v) is 10.7. The molecule has 0 aromatic heterocycles. The number of carbonyl (C=O) groups excluding carboxylic acids is 3. The van der Waals surface area contributed by atoms with Gasteiger partial charge in [0.15, 0.2) is 11.5 Å². The van der Waals surface area contributed by atoms with E-state index in [1.807, 2.05) is 6.92 Å². The Morgan fingerprint density at radius 1 is 1.03 bits per heavy atom. The molecule has 39 heavy (non-hydrogen) atoms. The van der Waals surface area contributed by atoms with Crippen molar-refractivity contribution < 1.29 is 36.5 Å². The summed E-state index contributed by atoms with van der Waals surface area (Å²) in [6.07, 6.45) is 1.25. The largest absolute Gasteiger partial charge is 0.494 e. The lowest BCUT2D eigenvalue weighted by Gasteiger charge is -2.26. The number of nitrogens with zero attached hydrogens (tertiary/aromatic N) is 1. The van der Waals surface area contributed by atoms with Crippen molar-refractivity contribution in [2.75, 3.05) is 18.6 Å². The number of hydrogen-bond acceptors (Lipinski definition) is 8. The minimum Gasteiger partial charge on any atom is -0.494 e. The quantitative estimate of drug-likeness (QED) is 0.209. The normalized spacial score (nSPS) is 14.8. The number of barbiturate groups is 1. The van der Waals surface area contributed by atoms with E-state index in [2.05, 4.69) is 21.2 Å². The third kappa shape index (κ3) is 6.08. The molecule has 10 nitrogen and oxygen atoms in total. The number of ether oxygens (including phenoxy) is 2. The van der Waals surface area contributed by atoms with Crippen molar-refractivity contribution in [1.82, 2.24) is 5.32 Å². The topological polar surface area (TPSA) is 128 Å². The third-order valence-electron chi connectivity index (χ3n) is 5.37. The molecule has 1 fully saturated rings. The Hall–Kier alpha value is -3.87. The second kappa shape index (κ2) is 11.5. The third-order valence-corrected chi connectivity index (χ3v) is 7.44. The van der Waals surface area contributed by atoms with E-state index in [9.17, 15) is 22.8 Å². The van der Waals surface area contributed by atoms with Crippen molar-refractivity contribution in [3.05, 3.63) is 81.3 Å². The summed E-state index contributed by atoms with van der Waals surface area (Å²) in [4.78, 5) is 39.0. The number of methoxy groups -OCH3 is 1. The van der Waals surface area contributed by atoms with E-state index < -0.39 is 28.0 Å². The lowest BCUT2D eigenvalue weighted by atomic mass is 10.1. The Morgan fingerprint density at radius 3 is 2.31 bits per heavy atom. The number of hydrogen-bond donors (Lipinski definition) is 1. The van der Waals surface area contributed by atoms with Crippen LogP contribution in [0.2, 0.25) is 5.02 Å². The van der Waals surface area contributed by atoms with Gasteiger partial charge < -0.3 is 13.7 Å². The Kier molecular flexibility index (Phi) is 8.28. The number of halogens is 2. The van der Waals surface area contributed by atoms with Crippen LogP contribution in [0.25, 0.3) is 6.08 Å². The number of anilines is 1. The van der Waals surface area contributed by atoms with Crippen molar-refractivity contribution in [1.29, 1.82) is 0 Å². The molecule has 3 aromatic rings. The summed E-state index contributed by atoms with van der Waals surface area (Å²) >= 11 is 9.10. The number of imide groups is 2. The van der Waals surface area contributed by atoms with E-state index in [0.717, 1.165) is 4.90 Å². The molecule has 4 amide bonds. The molecular weight excluding hydrogens is 616 g/mol. The predicted molar refractivity (Wildman–Crippen MR) is 147 cm³/mol. The maximum Gasteiger partial charge on any atom is 0.339 e. The van der Waals surface area contributed by atoms with Crippen LogP contribution in [0, 0.1) is 0 Å². The highest BCUT2D eigenvalue weighted by molar-refractivity contribution is 9.10. The first-order valence-corrected chi connectivity index (χ1v) is 13.8. The zero-order valence-corrected chi connectivity index (χ0v) is 23.6. The molecule has 0 radical (unpaired) electrons.